The van der Waals surface area contributed by atoms with E-state index in [4.69, 9.17) is 0 Å². The molecule has 21 heavy (non-hydrogen) atoms. The highest BCUT2D eigenvalue weighted by molar-refractivity contribution is 9.10. The van der Waals surface area contributed by atoms with E-state index in [9.17, 15) is 10.1 Å². The average molecular weight is 348 g/mol. The zero-order valence-corrected chi connectivity index (χ0v) is 12.3. The number of hydrogen-bond acceptors (Lipinski definition) is 5. The lowest BCUT2D eigenvalue weighted by Crippen LogP contribution is -2.01. The van der Waals surface area contributed by atoms with Crippen LogP contribution in [0.3, 0.4) is 0 Å². The number of nitro groups is 1. The van der Waals surface area contributed by atoms with Gasteiger partial charge in [-0.25, -0.2) is 4.52 Å². The van der Waals surface area contributed by atoms with Crippen molar-refractivity contribution in [2.45, 2.75) is 6.54 Å². The van der Waals surface area contributed by atoms with E-state index in [1.54, 1.807) is 16.8 Å². The Morgan fingerprint density at radius 1 is 1.33 bits per heavy atom. The number of nitrogens with zero attached hydrogens (tertiary/aromatic N) is 4. The Morgan fingerprint density at radius 2 is 2.19 bits per heavy atom. The summed E-state index contributed by atoms with van der Waals surface area (Å²) >= 11 is 3.41. The molecule has 0 fully saturated rings. The summed E-state index contributed by atoms with van der Waals surface area (Å²) in [6.07, 6.45) is 1.80. The molecule has 0 bridgehead atoms. The molecule has 3 rings (SSSR count). The summed E-state index contributed by atoms with van der Waals surface area (Å²) in [6, 6.07) is 10.2. The van der Waals surface area contributed by atoms with Crippen LogP contribution >= 0.6 is 15.9 Å². The van der Waals surface area contributed by atoms with Crippen LogP contribution in [0.5, 0.6) is 0 Å². The maximum absolute atomic E-state index is 10.7. The first-order valence-corrected chi connectivity index (χ1v) is 6.91. The number of pyridine rings is 1. The molecular formula is C13H10BrN5O2. The molecular weight excluding hydrogens is 338 g/mol. The Labute approximate surface area is 127 Å². The van der Waals surface area contributed by atoms with Crippen molar-refractivity contribution in [2.24, 2.45) is 0 Å². The summed E-state index contributed by atoms with van der Waals surface area (Å²) in [7, 11) is 0. The van der Waals surface area contributed by atoms with Gasteiger partial charge in [0, 0.05) is 24.9 Å². The van der Waals surface area contributed by atoms with E-state index >= 15 is 0 Å². The quantitative estimate of drug-likeness (QED) is 0.579. The third-order valence-electron chi connectivity index (χ3n) is 2.89. The molecule has 0 unspecified atom stereocenters. The first-order valence-electron chi connectivity index (χ1n) is 6.11. The summed E-state index contributed by atoms with van der Waals surface area (Å²) in [5, 5.41) is 18.1. The fourth-order valence-electron chi connectivity index (χ4n) is 1.91. The van der Waals surface area contributed by atoms with Gasteiger partial charge in [-0.05, 0) is 33.6 Å². The van der Waals surface area contributed by atoms with E-state index in [1.807, 2.05) is 18.2 Å². The molecule has 0 radical (unpaired) electrons. The van der Waals surface area contributed by atoms with Gasteiger partial charge in [0.2, 0.25) is 5.95 Å². The molecule has 1 N–H and O–H groups in total. The monoisotopic (exact) mass is 347 g/mol. The molecule has 0 aliphatic carbocycles. The van der Waals surface area contributed by atoms with Crippen LogP contribution in [0.15, 0.2) is 47.1 Å². The second kappa shape index (κ2) is 5.49. The molecule has 106 valence electrons. The minimum absolute atomic E-state index is 0.0694. The number of fused-ring (bicyclic) bond motifs is 1. The van der Waals surface area contributed by atoms with Crippen molar-refractivity contribution in [3.63, 3.8) is 0 Å². The molecule has 0 spiro atoms. The van der Waals surface area contributed by atoms with E-state index in [-0.39, 0.29) is 5.69 Å². The molecule has 0 saturated carbocycles. The normalized spacial score (nSPS) is 10.7. The fraction of sp³-hybridized carbons (Fsp3) is 0.0769. The predicted molar refractivity (Wildman–Crippen MR) is 81.1 cm³/mol. The highest BCUT2D eigenvalue weighted by atomic mass is 79.9. The van der Waals surface area contributed by atoms with Gasteiger partial charge in [0.1, 0.15) is 0 Å². The number of nitrogens with one attached hydrogen (secondary N) is 1. The zero-order valence-electron chi connectivity index (χ0n) is 10.7. The third kappa shape index (κ3) is 2.84. The maximum Gasteiger partial charge on any atom is 0.269 e. The van der Waals surface area contributed by atoms with Gasteiger partial charge in [-0.15, -0.1) is 5.10 Å². The second-order valence-corrected chi connectivity index (χ2v) is 5.19. The largest absolute Gasteiger partial charge is 0.349 e. The molecule has 7 nitrogen and oxygen atoms in total. The molecule has 0 aliphatic heterocycles. The third-order valence-corrected chi connectivity index (χ3v) is 3.51. The number of nitro benzene ring substituents is 1. The topological polar surface area (TPSA) is 85.4 Å². The number of non-ortho nitro benzene ring substituents is 1. The van der Waals surface area contributed by atoms with Crippen molar-refractivity contribution >= 4 is 33.2 Å². The molecule has 2 aromatic heterocycles. The van der Waals surface area contributed by atoms with Crippen molar-refractivity contribution in [3.8, 4) is 0 Å². The summed E-state index contributed by atoms with van der Waals surface area (Å²) in [6.45, 7) is 0.413. The van der Waals surface area contributed by atoms with Crippen LogP contribution in [0.4, 0.5) is 11.6 Å². The van der Waals surface area contributed by atoms with Gasteiger partial charge in [0.15, 0.2) is 5.65 Å². The fourth-order valence-corrected chi connectivity index (χ4v) is 2.33. The summed E-state index contributed by atoms with van der Waals surface area (Å²) in [4.78, 5) is 14.7. The number of anilines is 1. The van der Waals surface area contributed by atoms with Gasteiger partial charge in [-0.1, -0.05) is 12.1 Å². The lowest BCUT2D eigenvalue weighted by molar-refractivity contribution is -0.384. The smallest absolute Gasteiger partial charge is 0.269 e. The first kappa shape index (κ1) is 13.5. The van der Waals surface area contributed by atoms with E-state index in [2.05, 4.69) is 31.3 Å². The van der Waals surface area contributed by atoms with Crippen LogP contribution in [0.1, 0.15) is 5.56 Å². The number of rotatable bonds is 4. The van der Waals surface area contributed by atoms with Gasteiger partial charge in [0.05, 0.1) is 9.40 Å². The van der Waals surface area contributed by atoms with Crippen LogP contribution in [0.2, 0.25) is 0 Å². The highest BCUT2D eigenvalue weighted by Gasteiger charge is 2.08. The van der Waals surface area contributed by atoms with Crippen molar-refractivity contribution in [1.29, 1.82) is 0 Å². The van der Waals surface area contributed by atoms with Crippen LogP contribution < -0.4 is 5.32 Å². The number of aromatic nitrogens is 3. The Morgan fingerprint density at radius 3 is 2.95 bits per heavy atom. The number of benzene rings is 1. The maximum atomic E-state index is 10.7. The highest BCUT2D eigenvalue weighted by Crippen LogP contribution is 2.18. The number of halogens is 1. The second-order valence-electron chi connectivity index (χ2n) is 4.34. The average Bonchev–Trinajstić information content (AvgIpc) is 2.90. The zero-order chi connectivity index (χ0) is 14.8. The molecule has 0 atom stereocenters. The van der Waals surface area contributed by atoms with Gasteiger partial charge in [0.25, 0.3) is 5.69 Å². The Kier molecular flexibility index (Phi) is 3.53. The van der Waals surface area contributed by atoms with Crippen LogP contribution in [0.25, 0.3) is 5.65 Å². The number of hydrogen-bond donors (Lipinski definition) is 1. The van der Waals surface area contributed by atoms with Crippen LogP contribution in [-0.2, 0) is 6.54 Å². The van der Waals surface area contributed by atoms with Gasteiger partial charge in [-0.2, -0.15) is 4.98 Å². The van der Waals surface area contributed by atoms with Gasteiger partial charge >= 0.3 is 0 Å². The van der Waals surface area contributed by atoms with Crippen molar-refractivity contribution in [1.82, 2.24) is 14.6 Å². The van der Waals surface area contributed by atoms with Crippen molar-refractivity contribution in [2.75, 3.05) is 5.32 Å². The molecule has 8 heteroatoms. The van der Waals surface area contributed by atoms with Crippen molar-refractivity contribution < 1.29 is 4.92 Å². The Bertz CT molecular complexity index is 817. The summed E-state index contributed by atoms with van der Waals surface area (Å²) in [5.41, 5.74) is 1.57. The lowest BCUT2D eigenvalue weighted by Gasteiger charge is -2.01. The minimum Gasteiger partial charge on any atom is -0.349 e. The van der Waals surface area contributed by atoms with Crippen molar-refractivity contribution in [3.05, 3.63) is 62.7 Å². The summed E-state index contributed by atoms with van der Waals surface area (Å²) < 4.78 is 2.50. The van der Waals surface area contributed by atoms with E-state index in [0.717, 1.165) is 10.0 Å². The van der Waals surface area contributed by atoms with E-state index in [1.165, 1.54) is 12.1 Å². The van der Waals surface area contributed by atoms with Gasteiger partial charge < -0.3 is 5.32 Å². The Hall–Kier alpha value is -2.48. The molecule has 1 aromatic carbocycles. The molecule has 0 amide bonds. The van der Waals surface area contributed by atoms with Crippen LogP contribution in [0, 0.1) is 10.1 Å². The van der Waals surface area contributed by atoms with Gasteiger partial charge in [-0.3, -0.25) is 10.1 Å². The Balaban J connectivity index is 1.78. The molecule has 3 aromatic rings. The SMILES string of the molecule is O=[N+]([O-])c1cccc(CNc2nc3c(Br)cccn3n2)c1. The van der Waals surface area contributed by atoms with Crippen LogP contribution in [-0.4, -0.2) is 19.5 Å². The summed E-state index contributed by atoms with van der Waals surface area (Å²) in [5.74, 6) is 0.466. The molecule has 2 heterocycles. The lowest BCUT2D eigenvalue weighted by atomic mass is 10.2. The minimum atomic E-state index is -0.413. The first-order chi connectivity index (χ1) is 10.1. The van der Waals surface area contributed by atoms with E-state index in [0.29, 0.717) is 18.1 Å². The predicted octanol–water partition coefficient (Wildman–Crippen LogP) is 3.01. The molecule has 0 saturated heterocycles. The molecule has 0 aliphatic rings. The standard InChI is InChI=1S/C13H10BrN5O2/c14-11-5-2-6-18-12(11)16-13(17-18)15-8-9-3-1-4-10(7-9)19(20)21/h1-7H,8H2,(H,15,17). The van der Waals surface area contributed by atoms with E-state index < -0.39 is 4.92 Å².